The van der Waals surface area contributed by atoms with E-state index in [2.05, 4.69) is 0 Å². The molecule has 0 radical (unpaired) electrons. The van der Waals surface area contributed by atoms with E-state index in [9.17, 15) is 4.79 Å². The van der Waals surface area contributed by atoms with Gasteiger partial charge in [-0.2, -0.15) is 0 Å². The van der Waals surface area contributed by atoms with Gasteiger partial charge in [0.25, 0.3) is 0 Å². The molecule has 1 amide bonds. The van der Waals surface area contributed by atoms with Crippen LogP contribution in [0, 0.1) is 0 Å². The molecule has 1 aromatic carbocycles. The smallest absolute Gasteiger partial charge is 0.234 e. The molecule has 1 aliphatic carbocycles. The molecule has 1 aliphatic heterocycles. The van der Waals surface area contributed by atoms with Gasteiger partial charge in [-0.3, -0.25) is 4.79 Å². The highest BCUT2D eigenvalue weighted by Gasteiger charge is 2.42. The van der Waals surface area contributed by atoms with E-state index in [4.69, 9.17) is 11.6 Å². The standard InChI is InChI=1S/C12H12ClNOS/c13-9-3-1-8(2-4-9)12-14(10-5-6-10)11(15)7-16-12/h1-4,10,12H,5-7H2. The van der Waals surface area contributed by atoms with Crippen molar-refractivity contribution in [3.8, 4) is 0 Å². The predicted molar refractivity (Wildman–Crippen MR) is 66.5 cm³/mol. The predicted octanol–water partition coefficient (Wildman–Crippen LogP) is 3.08. The average molecular weight is 254 g/mol. The number of amides is 1. The van der Waals surface area contributed by atoms with Crippen molar-refractivity contribution in [3.05, 3.63) is 34.9 Å². The summed E-state index contributed by atoms with van der Waals surface area (Å²) in [6.07, 6.45) is 2.33. The molecule has 0 bridgehead atoms. The van der Waals surface area contributed by atoms with Gasteiger partial charge in [-0.15, -0.1) is 11.8 Å². The summed E-state index contributed by atoms with van der Waals surface area (Å²) in [7, 11) is 0. The van der Waals surface area contributed by atoms with Gasteiger partial charge in [-0.05, 0) is 30.5 Å². The molecule has 1 unspecified atom stereocenters. The van der Waals surface area contributed by atoms with Crippen LogP contribution in [0.15, 0.2) is 24.3 Å². The first-order valence-electron chi connectivity index (χ1n) is 5.44. The molecular formula is C12H12ClNOS. The minimum Gasteiger partial charge on any atom is -0.323 e. The Morgan fingerprint density at radius 2 is 1.94 bits per heavy atom. The molecule has 1 saturated heterocycles. The summed E-state index contributed by atoms with van der Waals surface area (Å²) in [6, 6.07) is 8.32. The lowest BCUT2D eigenvalue weighted by atomic mass is 10.2. The minimum atomic E-state index is 0.206. The number of halogens is 1. The summed E-state index contributed by atoms with van der Waals surface area (Å²) in [5, 5.41) is 0.952. The fourth-order valence-corrected chi connectivity index (χ4v) is 3.44. The van der Waals surface area contributed by atoms with Gasteiger partial charge in [0.15, 0.2) is 0 Å². The average Bonchev–Trinajstić information content (AvgIpc) is 3.04. The van der Waals surface area contributed by atoms with E-state index in [0.717, 1.165) is 17.9 Å². The number of rotatable bonds is 2. The van der Waals surface area contributed by atoms with Crippen LogP contribution in [0.1, 0.15) is 23.8 Å². The summed E-state index contributed by atoms with van der Waals surface area (Å²) in [4.78, 5) is 13.8. The highest BCUT2D eigenvalue weighted by molar-refractivity contribution is 8.00. The number of carbonyl (C=O) groups excluding carboxylic acids is 1. The van der Waals surface area contributed by atoms with Crippen LogP contribution in [-0.4, -0.2) is 22.6 Å². The first-order chi connectivity index (χ1) is 7.75. The molecule has 1 heterocycles. The normalized spacial score (nSPS) is 25.2. The van der Waals surface area contributed by atoms with E-state index >= 15 is 0 Å². The molecule has 16 heavy (non-hydrogen) atoms. The van der Waals surface area contributed by atoms with Gasteiger partial charge in [0.2, 0.25) is 5.91 Å². The van der Waals surface area contributed by atoms with Crippen LogP contribution in [0.4, 0.5) is 0 Å². The number of thioether (sulfide) groups is 1. The lowest BCUT2D eigenvalue weighted by Crippen LogP contribution is -2.30. The monoisotopic (exact) mass is 253 g/mol. The summed E-state index contributed by atoms with van der Waals surface area (Å²) in [5.41, 5.74) is 1.19. The maximum Gasteiger partial charge on any atom is 0.234 e. The quantitative estimate of drug-likeness (QED) is 0.807. The third-order valence-corrected chi connectivity index (χ3v) is 4.48. The van der Waals surface area contributed by atoms with Crippen LogP contribution >= 0.6 is 23.4 Å². The van der Waals surface area contributed by atoms with Gasteiger partial charge in [0, 0.05) is 11.1 Å². The van der Waals surface area contributed by atoms with Crippen molar-refractivity contribution in [1.29, 1.82) is 0 Å². The van der Waals surface area contributed by atoms with Crippen LogP contribution < -0.4 is 0 Å². The number of hydrogen-bond acceptors (Lipinski definition) is 2. The van der Waals surface area contributed by atoms with Crippen LogP contribution in [0.2, 0.25) is 5.02 Å². The lowest BCUT2D eigenvalue weighted by Gasteiger charge is -2.23. The van der Waals surface area contributed by atoms with Gasteiger partial charge in [0.05, 0.1) is 5.75 Å². The second-order valence-corrected chi connectivity index (χ2v) is 5.75. The van der Waals surface area contributed by atoms with Gasteiger partial charge in [-0.1, -0.05) is 23.7 Å². The third-order valence-electron chi connectivity index (χ3n) is 3.00. The Hall–Kier alpha value is -0.670. The first kappa shape index (κ1) is 10.5. The van der Waals surface area contributed by atoms with Crippen LogP contribution in [0.3, 0.4) is 0 Å². The summed E-state index contributed by atoms with van der Waals surface area (Å²) < 4.78 is 0. The van der Waals surface area contributed by atoms with E-state index in [0.29, 0.717) is 11.8 Å². The molecule has 0 aromatic heterocycles. The second kappa shape index (κ2) is 3.97. The van der Waals surface area contributed by atoms with Crippen LogP contribution in [-0.2, 0) is 4.79 Å². The molecule has 1 saturated carbocycles. The summed E-state index contributed by atoms with van der Waals surface area (Å²) in [5.74, 6) is 0.900. The summed E-state index contributed by atoms with van der Waals surface area (Å²) in [6.45, 7) is 0. The van der Waals surface area contributed by atoms with E-state index in [1.807, 2.05) is 29.2 Å². The first-order valence-corrected chi connectivity index (χ1v) is 6.86. The number of nitrogens with zero attached hydrogens (tertiary/aromatic N) is 1. The van der Waals surface area contributed by atoms with Gasteiger partial charge >= 0.3 is 0 Å². The highest BCUT2D eigenvalue weighted by atomic mass is 35.5. The Labute approximate surface area is 104 Å². The van der Waals surface area contributed by atoms with Crippen molar-refractivity contribution in [3.63, 3.8) is 0 Å². The molecule has 1 aromatic rings. The zero-order valence-corrected chi connectivity index (χ0v) is 10.3. The van der Waals surface area contributed by atoms with Gasteiger partial charge in [0.1, 0.15) is 5.37 Å². The highest BCUT2D eigenvalue weighted by Crippen LogP contribution is 2.45. The van der Waals surface area contributed by atoms with E-state index < -0.39 is 0 Å². The van der Waals surface area contributed by atoms with Crippen LogP contribution in [0.5, 0.6) is 0 Å². The Bertz CT molecular complexity index is 416. The van der Waals surface area contributed by atoms with Crippen molar-refractivity contribution < 1.29 is 4.79 Å². The molecule has 2 aliphatic rings. The fourth-order valence-electron chi connectivity index (χ4n) is 2.07. The maximum absolute atomic E-state index is 11.8. The lowest BCUT2D eigenvalue weighted by molar-refractivity contribution is -0.128. The molecule has 0 N–H and O–H groups in total. The second-order valence-electron chi connectivity index (χ2n) is 4.25. The van der Waals surface area contributed by atoms with E-state index in [-0.39, 0.29) is 11.3 Å². The fraction of sp³-hybridized carbons (Fsp3) is 0.417. The zero-order chi connectivity index (χ0) is 11.1. The van der Waals surface area contributed by atoms with Crippen molar-refractivity contribution in [1.82, 2.24) is 4.90 Å². The Morgan fingerprint density at radius 3 is 2.56 bits per heavy atom. The molecule has 2 nitrogen and oxygen atoms in total. The molecule has 3 rings (SSSR count). The van der Waals surface area contributed by atoms with E-state index in [1.165, 1.54) is 5.56 Å². The van der Waals surface area contributed by atoms with E-state index in [1.54, 1.807) is 11.8 Å². The molecule has 2 fully saturated rings. The van der Waals surface area contributed by atoms with Gasteiger partial charge < -0.3 is 4.90 Å². The van der Waals surface area contributed by atoms with Gasteiger partial charge in [-0.25, -0.2) is 0 Å². The van der Waals surface area contributed by atoms with Crippen molar-refractivity contribution in [2.75, 3.05) is 5.75 Å². The Balaban J connectivity index is 1.88. The number of hydrogen-bond donors (Lipinski definition) is 0. The molecule has 4 heteroatoms. The third kappa shape index (κ3) is 1.82. The molecule has 1 atom stereocenters. The number of benzene rings is 1. The topological polar surface area (TPSA) is 20.3 Å². The SMILES string of the molecule is O=C1CSC(c2ccc(Cl)cc2)N1C1CC1. The molecular weight excluding hydrogens is 242 g/mol. The summed E-state index contributed by atoms with van der Waals surface area (Å²) >= 11 is 7.59. The minimum absolute atomic E-state index is 0.206. The Morgan fingerprint density at radius 1 is 1.25 bits per heavy atom. The zero-order valence-electron chi connectivity index (χ0n) is 8.73. The van der Waals surface area contributed by atoms with Crippen LogP contribution in [0.25, 0.3) is 0 Å². The van der Waals surface area contributed by atoms with Crippen molar-refractivity contribution >= 4 is 29.3 Å². The maximum atomic E-state index is 11.8. The van der Waals surface area contributed by atoms with Crippen molar-refractivity contribution in [2.45, 2.75) is 24.3 Å². The number of carbonyl (C=O) groups is 1. The molecule has 84 valence electrons. The van der Waals surface area contributed by atoms with Crippen molar-refractivity contribution in [2.24, 2.45) is 0 Å². The Kier molecular flexibility index (Phi) is 2.60. The molecule has 0 spiro atoms. The largest absolute Gasteiger partial charge is 0.323 e.